The van der Waals surface area contributed by atoms with Crippen LogP contribution in [0.2, 0.25) is 0 Å². The Morgan fingerprint density at radius 3 is 3.00 bits per heavy atom. The van der Waals surface area contributed by atoms with Crippen LogP contribution in [0.5, 0.6) is 0 Å². The molecule has 1 aromatic rings. The van der Waals surface area contributed by atoms with Gasteiger partial charge < -0.3 is 10.1 Å². The molecule has 1 N–H and O–H groups in total. The van der Waals surface area contributed by atoms with Gasteiger partial charge in [-0.05, 0) is 13.6 Å². The first kappa shape index (κ1) is 13.6. The van der Waals surface area contributed by atoms with Gasteiger partial charge in [0.15, 0.2) is 0 Å². The summed E-state index contributed by atoms with van der Waals surface area (Å²) in [5.41, 5.74) is 3.00. The quantitative estimate of drug-likeness (QED) is 0.744. The van der Waals surface area contributed by atoms with Gasteiger partial charge in [0.2, 0.25) is 0 Å². The van der Waals surface area contributed by atoms with Crippen molar-refractivity contribution in [3.05, 3.63) is 16.6 Å². The van der Waals surface area contributed by atoms with Crippen molar-refractivity contribution < 1.29 is 4.74 Å². The fourth-order valence-corrected chi connectivity index (χ4v) is 2.10. The molecule has 0 aliphatic heterocycles. The van der Waals surface area contributed by atoms with Crippen molar-refractivity contribution in [2.24, 2.45) is 0 Å². The average Bonchev–Trinajstić information content (AvgIpc) is 2.76. The van der Waals surface area contributed by atoms with E-state index in [4.69, 9.17) is 4.74 Å². The molecule has 1 aromatic heterocycles. The molecule has 0 aromatic carbocycles. The number of aromatic nitrogens is 1. The van der Waals surface area contributed by atoms with Gasteiger partial charge in [-0.2, -0.15) is 0 Å². The number of nitrogens with zero attached hydrogens (tertiary/aromatic N) is 2. The Balaban J connectivity index is 2.42. The third kappa shape index (κ3) is 4.57. The van der Waals surface area contributed by atoms with Crippen LogP contribution in [-0.2, 0) is 11.3 Å². The van der Waals surface area contributed by atoms with Crippen LogP contribution in [0.25, 0.3) is 0 Å². The predicted molar refractivity (Wildman–Crippen MR) is 67.8 cm³/mol. The van der Waals surface area contributed by atoms with Gasteiger partial charge in [-0.3, -0.25) is 4.90 Å². The van der Waals surface area contributed by atoms with Gasteiger partial charge in [-0.15, -0.1) is 11.3 Å². The van der Waals surface area contributed by atoms with Crippen LogP contribution in [-0.4, -0.2) is 49.8 Å². The predicted octanol–water partition coefficient (Wildman–Crippen LogP) is 1.20. The van der Waals surface area contributed by atoms with Crippen molar-refractivity contribution in [2.75, 3.05) is 33.9 Å². The Morgan fingerprint density at radius 1 is 1.62 bits per heavy atom. The molecule has 0 fully saturated rings. The normalized spacial score (nSPS) is 13.2. The van der Waals surface area contributed by atoms with E-state index in [2.05, 4.69) is 34.6 Å². The Hall–Kier alpha value is -0.490. The van der Waals surface area contributed by atoms with Crippen LogP contribution in [0.4, 0.5) is 0 Å². The van der Waals surface area contributed by atoms with E-state index in [0.29, 0.717) is 6.04 Å². The summed E-state index contributed by atoms with van der Waals surface area (Å²) in [4.78, 5) is 6.57. The first-order valence-corrected chi connectivity index (χ1v) is 6.49. The number of likely N-dealkylation sites (N-methyl/N-ethyl adjacent to an activating group) is 2. The minimum absolute atomic E-state index is 0.395. The smallest absolute Gasteiger partial charge is 0.0795 e. The van der Waals surface area contributed by atoms with Crippen molar-refractivity contribution >= 4 is 11.3 Å². The summed E-state index contributed by atoms with van der Waals surface area (Å²) >= 11 is 1.64. The van der Waals surface area contributed by atoms with Crippen molar-refractivity contribution in [3.63, 3.8) is 0 Å². The van der Waals surface area contributed by atoms with E-state index in [1.807, 2.05) is 5.51 Å². The number of nitrogens with one attached hydrogen (secondary N) is 1. The molecule has 0 aliphatic carbocycles. The highest BCUT2D eigenvalue weighted by atomic mass is 32.1. The Morgan fingerprint density at radius 2 is 2.44 bits per heavy atom. The molecule has 0 radical (unpaired) electrons. The van der Waals surface area contributed by atoms with Gasteiger partial charge >= 0.3 is 0 Å². The van der Waals surface area contributed by atoms with Crippen molar-refractivity contribution in [1.29, 1.82) is 0 Å². The minimum atomic E-state index is 0.395. The van der Waals surface area contributed by atoms with E-state index >= 15 is 0 Å². The maximum Gasteiger partial charge on any atom is 0.0795 e. The Labute approximate surface area is 102 Å². The van der Waals surface area contributed by atoms with Gasteiger partial charge in [0.05, 0.1) is 17.8 Å². The molecule has 0 bridgehead atoms. The number of methoxy groups -OCH3 is 1. The highest BCUT2D eigenvalue weighted by Gasteiger charge is 2.14. The second-order valence-corrected chi connectivity index (χ2v) is 4.53. The summed E-state index contributed by atoms with van der Waals surface area (Å²) in [5.74, 6) is 0. The molecule has 0 amide bonds. The monoisotopic (exact) mass is 243 g/mol. The van der Waals surface area contributed by atoms with Gasteiger partial charge in [0, 0.05) is 31.6 Å². The molecule has 92 valence electrons. The van der Waals surface area contributed by atoms with Gasteiger partial charge in [-0.1, -0.05) is 6.92 Å². The molecule has 1 unspecified atom stereocenters. The molecule has 0 saturated heterocycles. The Bertz CT molecular complexity index is 266. The summed E-state index contributed by atoms with van der Waals surface area (Å²) in [5, 5.41) is 5.45. The zero-order valence-electron chi connectivity index (χ0n) is 10.3. The van der Waals surface area contributed by atoms with E-state index in [0.717, 1.165) is 31.9 Å². The molecule has 0 saturated carbocycles. The summed E-state index contributed by atoms with van der Waals surface area (Å²) in [6, 6.07) is 0.395. The molecule has 4 nitrogen and oxygen atoms in total. The second kappa shape index (κ2) is 7.73. The van der Waals surface area contributed by atoms with Crippen LogP contribution in [0.15, 0.2) is 10.9 Å². The van der Waals surface area contributed by atoms with Crippen LogP contribution >= 0.6 is 11.3 Å². The summed E-state index contributed by atoms with van der Waals surface area (Å²) in [6.45, 7) is 5.68. The van der Waals surface area contributed by atoms with Crippen LogP contribution in [0, 0.1) is 0 Å². The van der Waals surface area contributed by atoms with Crippen molar-refractivity contribution in [1.82, 2.24) is 15.2 Å². The van der Waals surface area contributed by atoms with E-state index in [1.165, 1.54) is 0 Å². The first-order valence-electron chi connectivity index (χ1n) is 5.54. The van der Waals surface area contributed by atoms with E-state index in [1.54, 1.807) is 18.4 Å². The lowest BCUT2D eigenvalue weighted by Gasteiger charge is -2.27. The molecule has 5 heteroatoms. The largest absolute Gasteiger partial charge is 0.383 e. The number of rotatable bonds is 8. The lowest BCUT2D eigenvalue weighted by molar-refractivity contribution is 0.101. The Kier molecular flexibility index (Phi) is 6.56. The minimum Gasteiger partial charge on any atom is -0.383 e. The zero-order valence-corrected chi connectivity index (χ0v) is 11.1. The fraction of sp³-hybridized carbons (Fsp3) is 0.727. The molecule has 16 heavy (non-hydrogen) atoms. The number of thiazole rings is 1. The lowest BCUT2D eigenvalue weighted by atomic mass is 10.2. The SMILES string of the molecule is CCNCC(COC)N(C)Cc1cscn1. The topological polar surface area (TPSA) is 37.4 Å². The third-order valence-corrected chi connectivity index (χ3v) is 3.14. The van der Waals surface area contributed by atoms with Crippen molar-refractivity contribution in [2.45, 2.75) is 19.5 Å². The molecule has 1 atom stereocenters. The fourth-order valence-electron chi connectivity index (χ4n) is 1.55. The van der Waals surface area contributed by atoms with Crippen molar-refractivity contribution in [3.8, 4) is 0 Å². The maximum absolute atomic E-state index is 5.24. The van der Waals surface area contributed by atoms with E-state index in [9.17, 15) is 0 Å². The highest BCUT2D eigenvalue weighted by molar-refractivity contribution is 7.07. The van der Waals surface area contributed by atoms with E-state index < -0.39 is 0 Å². The molecule has 1 rings (SSSR count). The van der Waals surface area contributed by atoms with Gasteiger partial charge in [0.1, 0.15) is 0 Å². The highest BCUT2D eigenvalue weighted by Crippen LogP contribution is 2.07. The maximum atomic E-state index is 5.24. The van der Waals surface area contributed by atoms with E-state index in [-0.39, 0.29) is 0 Å². The number of hydrogen-bond acceptors (Lipinski definition) is 5. The lowest BCUT2D eigenvalue weighted by Crippen LogP contribution is -2.42. The zero-order chi connectivity index (χ0) is 11.8. The third-order valence-electron chi connectivity index (χ3n) is 2.51. The summed E-state index contributed by atoms with van der Waals surface area (Å²) < 4.78 is 5.24. The standard InChI is InChI=1S/C11H21N3OS/c1-4-12-5-11(7-15-3)14(2)6-10-8-16-9-13-10/h8-9,11-12H,4-7H2,1-3H3. The van der Waals surface area contributed by atoms with Crippen LogP contribution in [0.1, 0.15) is 12.6 Å². The molecule has 0 aliphatic rings. The average molecular weight is 243 g/mol. The van der Waals surface area contributed by atoms with Crippen LogP contribution < -0.4 is 5.32 Å². The molecule has 1 heterocycles. The van der Waals surface area contributed by atoms with Crippen LogP contribution in [0.3, 0.4) is 0 Å². The van der Waals surface area contributed by atoms with Gasteiger partial charge in [-0.25, -0.2) is 4.98 Å². The second-order valence-electron chi connectivity index (χ2n) is 3.81. The molecule has 0 spiro atoms. The first-order chi connectivity index (χ1) is 7.77. The van der Waals surface area contributed by atoms with Gasteiger partial charge in [0.25, 0.3) is 0 Å². The summed E-state index contributed by atoms with van der Waals surface area (Å²) in [7, 11) is 3.86. The molecular formula is C11H21N3OS. The molecular weight excluding hydrogens is 222 g/mol. The number of hydrogen-bond donors (Lipinski definition) is 1. The number of ether oxygens (including phenoxy) is 1. The summed E-state index contributed by atoms with van der Waals surface area (Å²) in [6.07, 6.45) is 0.